The van der Waals surface area contributed by atoms with Crippen molar-refractivity contribution in [3.05, 3.63) is 42.1 Å². The molecule has 20 heavy (non-hydrogen) atoms. The second-order valence-corrected chi connectivity index (χ2v) is 6.02. The fourth-order valence-corrected chi connectivity index (χ4v) is 3.05. The molecule has 0 saturated carbocycles. The highest BCUT2D eigenvalue weighted by atomic mass is 16.5. The summed E-state index contributed by atoms with van der Waals surface area (Å²) in [6, 6.07) is 10.0. The van der Waals surface area contributed by atoms with Gasteiger partial charge in [0.15, 0.2) is 0 Å². The van der Waals surface area contributed by atoms with E-state index in [-0.39, 0.29) is 5.60 Å². The molecule has 1 aromatic carbocycles. The summed E-state index contributed by atoms with van der Waals surface area (Å²) in [6.45, 7) is 4.78. The van der Waals surface area contributed by atoms with Gasteiger partial charge in [0.1, 0.15) is 0 Å². The van der Waals surface area contributed by atoms with E-state index in [0.717, 1.165) is 22.9 Å². The van der Waals surface area contributed by atoms with Crippen LogP contribution in [0.1, 0.15) is 38.7 Å². The molecule has 1 aromatic heterocycles. The average Bonchev–Trinajstić information content (AvgIpc) is 2.46. The summed E-state index contributed by atoms with van der Waals surface area (Å²) in [4.78, 5) is 4.38. The number of pyridine rings is 1. The summed E-state index contributed by atoms with van der Waals surface area (Å²) in [6.07, 6.45) is 3.97. The summed E-state index contributed by atoms with van der Waals surface area (Å²) in [5.74, 6) is 0. The maximum atomic E-state index is 11.1. The van der Waals surface area contributed by atoms with Crippen LogP contribution in [0.5, 0.6) is 0 Å². The highest BCUT2D eigenvalue weighted by Gasteiger charge is 2.42. The van der Waals surface area contributed by atoms with Crippen LogP contribution >= 0.6 is 0 Å². The number of nitrogens with zero attached hydrogens (tertiary/aromatic N) is 1. The van der Waals surface area contributed by atoms with Crippen molar-refractivity contribution in [2.24, 2.45) is 0 Å². The Morgan fingerprint density at radius 2 is 2.20 bits per heavy atom. The minimum Gasteiger partial charge on any atom is -0.385 e. The normalized spacial score (nSPS) is 30.6. The van der Waals surface area contributed by atoms with E-state index in [2.05, 4.69) is 18.8 Å². The lowest BCUT2D eigenvalue weighted by atomic mass is 9.77. The van der Waals surface area contributed by atoms with Crippen molar-refractivity contribution in [1.29, 1.82) is 0 Å². The van der Waals surface area contributed by atoms with E-state index in [0.29, 0.717) is 19.4 Å². The van der Waals surface area contributed by atoms with Crippen LogP contribution in [0.25, 0.3) is 10.9 Å². The molecule has 3 nitrogen and oxygen atoms in total. The summed E-state index contributed by atoms with van der Waals surface area (Å²) in [5, 5.41) is 12.2. The highest BCUT2D eigenvalue weighted by Crippen LogP contribution is 2.41. The molecule has 0 bridgehead atoms. The Morgan fingerprint density at radius 3 is 3.00 bits per heavy atom. The van der Waals surface area contributed by atoms with Gasteiger partial charge in [-0.25, -0.2) is 0 Å². The SMILES string of the molecule is CCC1(C)CC(O)(c2ccc3cccnc3c2)CCO1. The number of hydrogen-bond donors (Lipinski definition) is 1. The lowest BCUT2D eigenvalue weighted by Crippen LogP contribution is -2.45. The van der Waals surface area contributed by atoms with Crippen LogP contribution in [-0.2, 0) is 10.3 Å². The Hall–Kier alpha value is -1.45. The minimum atomic E-state index is -0.811. The summed E-state index contributed by atoms with van der Waals surface area (Å²) in [5.41, 5.74) is 0.829. The third-order valence-corrected chi connectivity index (χ3v) is 4.52. The molecule has 1 fully saturated rings. The fourth-order valence-electron chi connectivity index (χ4n) is 3.05. The third kappa shape index (κ3) is 2.32. The van der Waals surface area contributed by atoms with E-state index < -0.39 is 5.60 Å². The van der Waals surface area contributed by atoms with Crippen LogP contribution in [0.3, 0.4) is 0 Å². The van der Waals surface area contributed by atoms with Crippen molar-refractivity contribution in [2.75, 3.05) is 6.61 Å². The quantitative estimate of drug-likeness (QED) is 0.910. The lowest BCUT2D eigenvalue weighted by Gasteiger charge is -2.43. The number of rotatable bonds is 2. The first-order valence-electron chi connectivity index (χ1n) is 7.26. The zero-order chi connectivity index (χ0) is 14.2. The molecule has 2 aromatic rings. The van der Waals surface area contributed by atoms with Crippen molar-refractivity contribution in [3.63, 3.8) is 0 Å². The molecule has 2 unspecified atom stereocenters. The Kier molecular flexibility index (Phi) is 3.27. The molecule has 1 N–H and O–H groups in total. The Balaban J connectivity index is 2.00. The second kappa shape index (κ2) is 4.83. The number of fused-ring (bicyclic) bond motifs is 1. The summed E-state index contributed by atoms with van der Waals surface area (Å²) in [7, 11) is 0. The molecule has 106 valence electrons. The van der Waals surface area contributed by atoms with Gasteiger partial charge in [-0.05, 0) is 31.0 Å². The van der Waals surface area contributed by atoms with Gasteiger partial charge in [0, 0.05) is 24.4 Å². The maximum absolute atomic E-state index is 11.1. The van der Waals surface area contributed by atoms with Crippen molar-refractivity contribution >= 4 is 10.9 Å². The Labute approximate surface area is 119 Å². The molecule has 0 amide bonds. The predicted molar refractivity (Wildman–Crippen MR) is 79.5 cm³/mol. The van der Waals surface area contributed by atoms with Crippen molar-refractivity contribution in [2.45, 2.75) is 44.3 Å². The van der Waals surface area contributed by atoms with Gasteiger partial charge in [-0.15, -0.1) is 0 Å². The van der Waals surface area contributed by atoms with Crippen LogP contribution in [0.15, 0.2) is 36.5 Å². The van der Waals surface area contributed by atoms with E-state index >= 15 is 0 Å². The van der Waals surface area contributed by atoms with Crippen molar-refractivity contribution in [1.82, 2.24) is 4.98 Å². The van der Waals surface area contributed by atoms with E-state index in [9.17, 15) is 5.11 Å². The van der Waals surface area contributed by atoms with Gasteiger partial charge in [-0.1, -0.05) is 25.1 Å². The predicted octanol–water partition coefficient (Wildman–Crippen LogP) is 3.40. The number of aromatic nitrogens is 1. The largest absolute Gasteiger partial charge is 0.385 e. The Morgan fingerprint density at radius 1 is 1.35 bits per heavy atom. The standard InChI is InChI=1S/C17H21NO2/c1-3-16(2)12-17(19,8-10-20-16)14-7-6-13-5-4-9-18-15(13)11-14/h4-7,9,11,19H,3,8,10,12H2,1-2H3. The van der Waals surface area contributed by atoms with Crippen molar-refractivity contribution in [3.8, 4) is 0 Å². The molecule has 1 aliphatic rings. The molecule has 0 spiro atoms. The third-order valence-electron chi connectivity index (χ3n) is 4.52. The van der Waals surface area contributed by atoms with Gasteiger partial charge in [0.05, 0.1) is 23.3 Å². The molecule has 3 heteroatoms. The van der Waals surface area contributed by atoms with Crippen LogP contribution in [0, 0.1) is 0 Å². The molecular formula is C17H21NO2. The topological polar surface area (TPSA) is 42.4 Å². The van der Waals surface area contributed by atoms with Gasteiger partial charge in [0.25, 0.3) is 0 Å². The van der Waals surface area contributed by atoms with Gasteiger partial charge in [-0.2, -0.15) is 0 Å². The smallest absolute Gasteiger partial charge is 0.0946 e. The Bertz CT molecular complexity index is 627. The van der Waals surface area contributed by atoms with Gasteiger partial charge in [-0.3, -0.25) is 4.98 Å². The summed E-state index contributed by atoms with van der Waals surface area (Å²) < 4.78 is 5.84. The zero-order valence-electron chi connectivity index (χ0n) is 12.1. The molecule has 1 saturated heterocycles. The minimum absolute atomic E-state index is 0.244. The first kappa shape index (κ1) is 13.5. The molecule has 1 aliphatic heterocycles. The molecular weight excluding hydrogens is 250 g/mol. The molecule has 2 heterocycles. The molecule has 0 radical (unpaired) electrons. The van der Waals surface area contributed by atoms with Crippen molar-refractivity contribution < 1.29 is 9.84 Å². The second-order valence-electron chi connectivity index (χ2n) is 6.02. The van der Waals surface area contributed by atoms with Gasteiger partial charge < -0.3 is 9.84 Å². The monoisotopic (exact) mass is 271 g/mol. The van der Waals surface area contributed by atoms with E-state index in [4.69, 9.17) is 4.74 Å². The van der Waals surface area contributed by atoms with E-state index in [1.165, 1.54) is 0 Å². The van der Waals surface area contributed by atoms with Gasteiger partial charge in [0.2, 0.25) is 0 Å². The first-order chi connectivity index (χ1) is 9.55. The molecule has 2 atom stereocenters. The van der Waals surface area contributed by atoms with E-state index in [1.807, 2.05) is 30.3 Å². The zero-order valence-corrected chi connectivity index (χ0v) is 12.1. The number of benzene rings is 1. The van der Waals surface area contributed by atoms with Crippen LogP contribution in [-0.4, -0.2) is 22.3 Å². The van der Waals surface area contributed by atoms with Gasteiger partial charge >= 0.3 is 0 Å². The van der Waals surface area contributed by atoms with E-state index in [1.54, 1.807) is 6.20 Å². The maximum Gasteiger partial charge on any atom is 0.0946 e. The molecule has 0 aliphatic carbocycles. The van der Waals surface area contributed by atoms with Crippen LogP contribution < -0.4 is 0 Å². The van der Waals surface area contributed by atoms with Crippen LogP contribution in [0.2, 0.25) is 0 Å². The highest BCUT2D eigenvalue weighted by molar-refractivity contribution is 5.79. The number of ether oxygens (including phenoxy) is 1. The first-order valence-corrected chi connectivity index (χ1v) is 7.26. The average molecular weight is 271 g/mol. The van der Waals surface area contributed by atoms with Crippen LogP contribution in [0.4, 0.5) is 0 Å². The number of aliphatic hydroxyl groups is 1. The fraction of sp³-hybridized carbons (Fsp3) is 0.471. The number of hydrogen-bond acceptors (Lipinski definition) is 3. The lowest BCUT2D eigenvalue weighted by molar-refractivity contribution is -0.157. The molecule has 3 rings (SSSR count). The summed E-state index contributed by atoms with van der Waals surface area (Å²) >= 11 is 0.